The summed E-state index contributed by atoms with van der Waals surface area (Å²) < 4.78 is 10.8. The summed E-state index contributed by atoms with van der Waals surface area (Å²) in [6.07, 6.45) is 1.44. The van der Waals surface area contributed by atoms with Crippen molar-refractivity contribution >= 4 is 46.3 Å². The van der Waals surface area contributed by atoms with Gasteiger partial charge in [0.25, 0.3) is 16.8 Å². The van der Waals surface area contributed by atoms with Gasteiger partial charge in [-0.3, -0.25) is 24.6 Å². The Morgan fingerprint density at radius 1 is 1.19 bits per heavy atom. The normalized spacial score (nSPS) is 14.9. The van der Waals surface area contributed by atoms with E-state index in [1.165, 1.54) is 25.3 Å². The van der Waals surface area contributed by atoms with Crippen LogP contribution >= 0.6 is 23.4 Å². The molecular weight excluding hydrogens is 456 g/mol. The molecular formula is C22H15ClN2O6S. The minimum absolute atomic E-state index is 0.0587. The van der Waals surface area contributed by atoms with Crippen LogP contribution < -0.4 is 4.74 Å². The van der Waals surface area contributed by atoms with E-state index in [0.29, 0.717) is 16.3 Å². The second-order valence-electron chi connectivity index (χ2n) is 6.70. The zero-order valence-corrected chi connectivity index (χ0v) is 18.2. The Hall–Kier alpha value is -3.56. The Labute approximate surface area is 191 Å². The van der Waals surface area contributed by atoms with Gasteiger partial charge in [-0.25, -0.2) is 0 Å². The summed E-state index contributed by atoms with van der Waals surface area (Å²) in [7, 11) is 1.42. The van der Waals surface area contributed by atoms with Gasteiger partial charge < -0.3 is 9.15 Å². The number of benzene rings is 2. The fraction of sp³-hybridized carbons (Fsp3) is 0.0909. The number of thioether (sulfide) groups is 1. The first-order valence-corrected chi connectivity index (χ1v) is 10.5. The SMILES string of the molecule is COc1ccc(-c2ccc(/C=C3\SC(=O)N(Cc4ccccc4Cl)C3=O)o2)c([N+](=O)[O-])c1. The van der Waals surface area contributed by atoms with E-state index >= 15 is 0 Å². The Morgan fingerprint density at radius 3 is 2.69 bits per heavy atom. The van der Waals surface area contributed by atoms with Gasteiger partial charge in [-0.05, 0) is 47.7 Å². The molecule has 10 heteroatoms. The van der Waals surface area contributed by atoms with Gasteiger partial charge in [-0.2, -0.15) is 0 Å². The number of amides is 2. The number of carbonyl (C=O) groups is 2. The van der Waals surface area contributed by atoms with Crippen molar-refractivity contribution in [3.8, 4) is 17.1 Å². The topological polar surface area (TPSA) is 103 Å². The number of nitro benzene ring substituents is 1. The maximum Gasteiger partial charge on any atom is 0.293 e. The highest BCUT2D eigenvalue weighted by Crippen LogP contribution is 2.37. The molecule has 0 spiro atoms. The monoisotopic (exact) mass is 470 g/mol. The standard InChI is InChI=1S/C22H15ClN2O6S/c1-30-14-6-8-16(18(10-14)25(28)29)19-9-7-15(31-19)11-20-21(26)24(22(27)32-20)12-13-4-2-3-5-17(13)23/h2-11H,12H2,1H3/b20-11-. The average molecular weight is 471 g/mol. The highest BCUT2D eigenvalue weighted by molar-refractivity contribution is 8.18. The van der Waals surface area contributed by atoms with Crippen LogP contribution in [-0.4, -0.2) is 28.1 Å². The van der Waals surface area contributed by atoms with Gasteiger partial charge in [0.2, 0.25) is 0 Å². The fourth-order valence-electron chi connectivity index (χ4n) is 3.14. The van der Waals surface area contributed by atoms with Crippen molar-refractivity contribution in [2.75, 3.05) is 7.11 Å². The summed E-state index contributed by atoms with van der Waals surface area (Å²) in [6, 6.07) is 14.5. The predicted molar refractivity (Wildman–Crippen MR) is 120 cm³/mol. The molecule has 1 fully saturated rings. The van der Waals surface area contributed by atoms with Gasteiger partial charge in [-0.15, -0.1) is 0 Å². The van der Waals surface area contributed by atoms with Gasteiger partial charge in [0.1, 0.15) is 17.3 Å². The Kier molecular flexibility index (Phi) is 6.02. The summed E-state index contributed by atoms with van der Waals surface area (Å²) in [4.78, 5) is 37.3. The summed E-state index contributed by atoms with van der Waals surface area (Å²) >= 11 is 6.93. The number of furan rings is 1. The van der Waals surface area contributed by atoms with Gasteiger partial charge in [0, 0.05) is 11.1 Å². The number of imide groups is 1. The van der Waals surface area contributed by atoms with Crippen LogP contribution in [-0.2, 0) is 11.3 Å². The molecule has 1 saturated heterocycles. The third-order valence-corrected chi connectivity index (χ3v) is 6.00. The molecule has 0 aliphatic carbocycles. The fourth-order valence-corrected chi connectivity index (χ4v) is 4.15. The van der Waals surface area contributed by atoms with Crippen molar-refractivity contribution in [3.05, 3.63) is 86.0 Å². The van der Waals surface area contributed by atoms with Crippen LogP contribution in [0.4, 0.5) is 10.5 Å². The second kappa shape index (κ2) is 8.89. The lowest BCUT2D eigenvalue weighted by molar-refractivity contribution is -0.384. The maximum absolute atomic E-state index is 12.8. The zero-order chi connectivity index (χ0) is 22.8. The first-order chi connectivity index (χ1) is 15.4. The summed E-state index contributed by atoms with van der Waals surface area (Å²) in [5.74, 6) is 0.418. The summed E-state index contributed by atoms with van der Waals surface area (Å²) in [5.41, 5.74) is 0.748. The van der Waals surface area contributed by atoms with E-state index in [4.69, 9.17) is 20.8 Å². The van der Waals surface area contributed by atoms with E-state index in [0.717, 1.165) is 16.7 Å². The molecule has 1 aliphatic rings. The van der Waals surface area contributed by atoms with Crippen LogP contribution in [0.2, 0.25) is 5.02 Å². The Bertz CT molecular complexity index is 1270. The molecule has 2 aromatic carbocycles. The molecule has 0 radical (unpaired) electrons. The van der Waals surface area contributed by atoms with Crippen LogP contribution in [0.1, 0.15) is 11.3 Å². The Morgan fingerprint density at radius 2 is 1.97 bits per heavy atom. The van der Waals surface area contributed by atoms with Crippen molar-refractivity contribution in [2.45, 2.75) is 6.54 Å². The van der Waals surface area contributed by atoms with Gasteiger partial charge >= 0.3 is 0 Å². The zero-order valence-electron chi connectivity index (χ0n) is 16.6. The number of hydrogen-bond donors (Lipinski definition) is 0. The molecule has 8 nitrogen and oxygen atoms in total. The van der Waals surface area contributed by atoms with E-state index in [9.17, 15) is 19.7 Å². The highest BCUT2D eigenvalue weighted by Gasteiger charge is 2.35. The molecule has 0 bridgehead atoms. The van der Waals surface area contributed by atoms with Crippen LogP contribution in [0.3, 0.4) is 0 Å². The number of nitrogens with zero attached hydrogens (tertiary/aromatic N) is 2. The van der Waals surface area contributed by atoms with Gasteiger partial charge in [0.15, 0.2) is 0 Å². The number of methoxy groups -OCH3 is 1. The minimum Gasteiger partial charge on any atom is -0.497 e. The average Bonchev–Trinajstić information content (AvgIpc) is 3.35. The first-order valence-electron chi connectivity index (χ1n) is 9.29. The number of ether oxygens (including phenoxy) is 1. The van der Waals surface area contributed by atoms with E-state index in [-0.39, 0.29) is 34.2 Å². The van der Waals surface area contributed by atoms with Crippen molar-refractivity contribution in [2.24, 2.45) is 0 Å². The summed E-state index contributed by atoms with van der Waals surface area (Å²) in [5, 5.41) is 11.5. The van der Waals surface area contributed by atoms with Crippen LogP contribution in [0.5, 0.6) is 5.75 Å². The number of nitro groups is 1. The Balaban J connectivity index is 1.59. The van der Waals surface area contributed by atoms with E-state index < -0.39 is 16.1 Å². The first kappa shape index (κ1) is 21.7. The molecule has 0 saturated carbocycles. The number of halogens is 1. The largest absolute Gasteiger partial charge is 0.497 e. The molecule has 0 atom stereocenters. The van der Waals surface area contributed by atoms with Crippen LogP contribution in [0, 0.1) is 10.1 Å². The third kappa shape index (κ3) is 4.25. The molecule has 2 amide bonds. The number of rotatable bonds is 6. The van der Waals surface area contributed by atoms with Gasteiger partial charge in [-0.1, -0.05) is 29.8 Å². The predicted octanol–water partition coefficient (Wildman–Crippen LogP) is 5.75. The second-order valence-corrected chi connectivity index (χ2v) is 8.10. The highest BCUT2D eigenvalue weighted by atomic mass is 35.5. The van der Waals surface area contributed by atoms with Crippen molar-refractivity contribution in [1.82, 2.24) is 4.90 Å². The lowest BCUT2D eigenvalue weighted by atomic mass is 10.1. The molecule has 162 valence electrons. The van der Waals surface area contributed by atoms with Crippen LogP contribution in [0.15, 0.2) is 63.9 Å². The van der Waals surface area contributed by atoms with E-state index in [1.54, 1.807) is 42.5 Å². The van der Waals surface area contributed by atoms with Crippen LogP contribution in [0.25, 0.3) is 17.4 Å². The third-order valence-electron chi connectivity index (χ3n) is 4.73. The molecule has 1 aromatic heterocycles. The molecule has 2 heterocycles. The lowest BCUT2D eigenvalue weighted by Gasteiger charge is -2.13. The molecule has 0 N–H and O–H groups in total. The van der Waals surface area contributed by atoms with E-state index in [1.807, 2.05) is 0 Å². The summed E-state index contributed by atoms with van der Waals surface area (Å²) in [6.45, 7) is 0.0587. The van der Waals surface area contributed by atoms with Crippen molar-refractivity contribution in [3.63, 3.8) is 0 Å². The number of hydrogen-bond acceptors (Lipinski definition) is 7. The molecule has 4 rings (SSSR count). The lowest BCUT2D eigenvalue weighted by Crippen LogP contribution is -2.27. The van der Waals surface area contributed by atoms with Gasteiger partial charge in [0.05, 0.1) is 35.1 Å². The minimum atomic E-state index is -0.528. The molecule has 3 aromatic rings. The van der Waals surface area contributed by atoms with E-state index in [2.05, 4.69) is 0 Å². The maximum atomic E-state index is 12.8. The molecule has 32 heavy (non-hydrogen) atoms. The molecule has 1 aliphatic heterocycles. The van der Waals surface area contributed by atoms with Crippen molar-refractivity contribution in [1.29, 1.82) is 0 Å². The smallest absolute Gasteiger partial charge is 0.293 e. The van der Waals surface area contributed by atoms with Crippen molar-refractivity contribution < 1.29 is 23.7 Å². The molecule has 0 unspecified atom stereocenters. The quantitative estimate of drug-likeness (QED) is 0.256. The number of carbonyl (C=O) groups excluding carboxylic acids is 2.